The molecule has 0 fully saturated rings. The highest BCUT2D eigenvalue weighted by Gasteiger charge is 2.11. The predicted molar refractivity (Wildman–Crippen MR) is 79.6 cm³/mol. The number of aliphatic hydroxyl groups is 1. The highest BCUT2D eigenvalue weighted by molar-refractivity contribution is 5.21. The fraction of sp³-hybridized carbons (Fsp3) is 0.500. The lowest BCUT2D eigenvalue weighted by molar-refractivity contribution is 0.143. The van der Waals surface area contributed by atoms with Gasteiger partial charge < -0.3 is 5.11 Å². The highest BCUT2D eigenvalue weighted by atomic mass is 16.3. The molecule has 0 aliphatic rings. The largest absolute Gasteiger partial charge is 0.391 e. The highest BCUT2D eigenvalue weighted by Crippen LogP contribution is 2.09. The molecule has 108 valence electrons. The van der Waals surface area contributed by atoms with Crippen LogP contribution in [0, 0.1) is 13.8 Å². The molecule has 0 aliphatic carbocycles. The molecule has 0 bridgehead atoms. The number of aliphatic hydroxyl groups excluding tert-OH is 1. The van der Waals surface area contributed by atoms with Crippen molar-refractivity contribution >= 4 is 0 Å². The number of aryl methyl sites for hydroxylation is 4. The zero-order valence-electron chi connectivity index (χ0n) is 12.5. The first kappa shape index (κ1) is 14.7. The molecule has 0 amide bonds. The molecule has 2 rings (SSSR count). The van der Waals surface area contributed by atoms with Crippen LogP contribution in [0.1, 0.15) is 36.1 Å². The van der Waals surface area contributed by atoms with Gasteiger partial charge in [-0.05, 0) is 32.3 Å². The lowest BCUT2D eigenvalue weighted by Crippen LogP contribution is -2.18. The van der Waals surface area contributed by atoms with E-state index in [0.29, 0.717) is 6.54 Å². The summed E-state index contributed by atoms with van der Waals surface area (Å²) in [5, 5.41) is 14.1. The zero-order chi connectivity index (χ0) is 14.5. The summed E-state index contributed by atoms with van der Waals surface area (Å²) in [6.45, 7) is 6.49. The summed E-state index contributed by atoms with van der Waals surface area (Å²) in [4.78, 5) is 4.47. The van der Waals surface area contributed by atoms with Gasteiger partial charge in [-0.25, -0.2) is 9.67 Å². The Labute approximate surface area is 120 Å². The molecule has 1 aromatic carbocycles. The topological polar surface area (TPSA) is 50.9 Å². The van der Waals surface area contributed by atoms with Crippen LogP contribution in [0.3, 0.4) is 0 Å². The minimum Gasteiger partial charge on any atom is -0.391 e. The molecule has 0 saturated heterocycles. The summed E-state index contributed by atoms with van der Waals surface area (Å²) in [6.07, 6.45) is 2.17. The summed E-state index contributed by atoms with van der Waals surface area (Å²) in [5.41, 5.74) is 2.58. The molecule has 1 N–H and O–H groups in total. The third kappa shape index (κ3) is 3.90. The predicted octanol–water partition coefficient (Wildman–Crippen LogP) is 2.45. The van der Waals surface area contributed by atoms with Gasteiger partial charge in [0.25, 0.3) is 0 Å². The van der Waals surface area contributed by atoms with Crippen molar-refractivity contribution in [3.63, 3.8) is 0 Å². The molecule has 0 aliphatic heterocycles. The monoisotopic (exact) mass is 273 g/mol. The van der Waals surface area contributed by atoms with Gasteiger partial charge in [0.1, 0.15) is 11.6 Å². The van der Waals surface area contributed by atoms with Gasteiger partial charge in [0.05, 0.1) is 12.6 Å². The standard InChI is InChI=1S/C16H23N3O/c1-4-15(20)11-19-16(17-13(3)18-19)10-9-14-7-5-12(2)6-8-14/h5-8,15,20H,4,9-11H2,1-3H3/t15-/m0/s1. The molecule has 0 unspecified atom stereocenters. The van der Waals surface area contributed by atoms with Crippen molar-refractivity contribution in [1.29, 1.82) is 0 Å². The van der Waals surface area contributed by atoms with Crippen molar-refractivity contribution in [3.05, 3.63) is 47.0 Å². The Hall–Kier alpha value is -1.68. The smallest absolute Gasteiger partial charge is 0.147 e. The van der Waals surface area contributed by atoms with Crippen molar-refractivity contribution in [2.45, 2.75) is 52.7 Å². The first-order valence-electron chi connectivity index (χ1n) is 7.22. The van der Waals surface area contributed by atoms with Crippen LogP contribution in [0.25, 0.3) is 0 Å². The van der Waals surface area contributed by atoms with E-state index in [1.165, 1.54) is 11.1 Å². The second-order valence-corrected chi connectivity index (χ2v) is 5.31. The lowest BCUT2D eigenvalue weighted by atomic mass is 10.1. The number of aromatic nitrogens is 3. The minimum atomic E-state index is -0.353. The number of hydrogen-bond acceptors (Lipinski definition) is 3. The average molecular weight is 273 g/mol. The van der Waals surface area contributed by atoms with Gasteiger partial charge >= 0.3 is 0 Å². The molecule has 1 aromatic heterocycles. The van der Waals surface area contributed by atoms with E-state index in [9.17, 15) is 5.11 Å². The molecule has 0 spiro atoms. The van der Waals surface area contributed by atoms with E-state index in [1.54, 1.807) is 0 Å². The van der Waals surface area contributed by atoms with Crippen molar-refractivity contribution in [2.24, 2.45) is 0 Å². The Kier molecular flexibility index (Phi) is 4.90. The Balaban J connectivity index is 2.03. The van der Waals surface area contributed by atoms with E-state index in [-0.39, 0.29) is 6.10 Å². The van der Waals surface area contributed by atoms with Gasteiger partial charge in [-0.15, -0.1) is 0 Å². The van der Waals surface area contributed by atoms with Crippen molar-refractivity contribution in [1.82, 2.24) is 14.8 Å². The molecule has 4 heteroatoms. The first-order chi connectivity index (χ1) is 9.58. The summed E-state index contributed by atoms with van der Waals surface area (Å²) in [7, 11) is 0. The number of rotatable bonds is 6. The van der Waals surface area contributed by atoms with Crippen molar-refractivity contribution in [3.8, 4) is 0 Å². The van der Waals surface area contributed by atoms with Crippen molar-refractivity contribution < 1.29 is 5.11 Å². The van der Waals surface area contributed by atoms with Gasteiger partial charge in [0.15, 0.2) is 0 Å². The fourth-order valence-corrected chi connectivity index (χ4v) is 2.17. The van der Waals surface area contributed by atoms with Crippen LogP contribution < -0.4 is 0 Å². The second-order valence-electron chi connectivity index (χ2n) is 5.31. The second kappa shape index (κ2) is 6.66. The molecular formula is C16H23N3O. The number of nitrogens with zero attached hydrogens (tertiary/aromatic N) is 3. The third-order valence-corrected chi connectivity index (χ3v) is 3.47. The summed E-state index contributed by atoms with van der Waals surface area (Å²) in [5.74, 6) is 1.72. The van der Waals surface area contributed by atoms with E-state index in [2.05, 4.69) is 41.3 Å². The third-order valence-electron chi connectivity index (χ3n) is 3.47. The van der Waals surface area contributed by atoms with Crippen LogP contribution >= 0.6 is 0 Å². The number of benzene rings is 1. The van der Waals surface area contributed by atoms with Gasteiger partial charge in [0.2, 0.25) is 0 Å². The van der Waals surface area contributed by atoms with E-state index < -0.39 is 0 Å². The van der Waals surface area contributed by atoms with Crippen LogP contribution in [-0.4, -0.2) is 26.0 Å². The first-order valence-corrected chi connectivity index (χ1v) is 7.22. The molecular weight excluding hydrogens is 250 g/mol. The van der Waals surface area contributed by atoms with E-state index in [4.69, 9.17) is 0 Å². The van der Waals surface area contributed by atoms with Crippen LogP contribution in [0.4, 0.5) is 0 Å². The SMILES string of the molecule is CC[C@H](O)Cn1nc(C)nc1CCc1ccc(C)cc1. The van der Waals surface area contributed by atoms with Gasteiger partial charge in [-0.3, -0.25) is 0 Å². The molecule has 1 heterocycles. The van der Waals surface area contributed by atoms with Gasteiger partial charge in [-0.2, -0.15) is 5.10 Å². The minimum absolute atomic E-state index is 0.353. The summed E-state index contributed by atoms with van der Waals surface area (Å²) in [6, 6.07) is 8.58. The maximum atomic E-state index is 9.77. The Morgan fingerprint density at radius 3 is 2.50 bits per heavy atom. The number of hydrogen-bond donors (Lipinski definition) is 1. The average Bonchev–Trinajstić information content (AvgIpc) is 2.78. The Morgan fingerprint density at radius 2 is 1.85 bits per heavy atom. The zero-order valence-corrected chi connectivity index (χ0v) is 12.5. The fourth-order valence-electron chi connectivity index (χ4n) is 2.17. The van der Waals surface area contributed by atoms with Crippen LogP contribution in [-0.2, 0) is 19.4 Å². The van der Waals surface area contributed by atoms with Gasteiger partial charge in [0, 0.05) is 6.42 Å². The summed E-state index contributed by atoms with van der Waals surface area (Å²) >= 11 is 0. The quantitative estimate of drug-likeness (QED) is 0.879. The van der Waals surface area contributed by atoms with Gasteiger partial charge in [-0.1, -0.05) is 36.8 Å². The molecule has 0 radical (unpaired) electrons. The lowest BCUT2D eigenvalue weighted by Gasteiger charge is -2.10. The maximum absolute atomic E-state index is 9.77. The van der Waals surface area contributed by atoms with E-state index in [1.807, 2.05) is 18.5 Å². The molecule has 4 nitrogen and oxygen atoms in total. The molecule has 20 heavy (non-hydrogen) atoms. The normalized spacial score (nSPS) is 12.6. The Bertz CT molecular complexity index is 545. The molecule has 1 atom stereocenters. The summed E-state index contributed by atoms with van der Waals surface area (Å²) < 4.78 is 1.84. The maximum Gasteiger partial charge on any atom is 0.147 e. The Morgan fingerprint density at radius 1 is 1.15 bits per heavy atom. The van der Waals surface area contributed by atoms with Crippen LogP contribution in [0.15, 0.2) is 24.3 Å². The van der Waals surface area contributed by atoms with Crippen molar-refractivity contribution in [2.75, 3.05) is 0 Å². The molecule has 0 saturated carbocycles. The van der Waals surface area contributed by atoms with Crippen LogP contribution in [0.2, 0.25) is 0 Å². The van der Waals surface area contributed by atoms with Crippen LogP contribution in [0.5, 0.6) is 0 Å². The van der Waals surface area contributed by atoms with E-state index in [0.717, 1.165) is 30.9 Å². The van der Waals surface area contributed by atoms with E-state index >= 15 is 0 Å². The molecule has 2 aromatic rings.